The third-order valence-electron chi connectivity index (χ3n) is 1.99. The molecule has 1 rings (SSSR count). The van der Waals surface area contributed by atoms with Crippen LogP contribution in [0.5, 0.6) is 0 Å². The minimum atomic E-state index is -0.0848. The highest BCUT2D eigenvalue weighted by Gasteiger charge is 2.08. The van der Waals surface area contributed by atoms with Crippen molar-refractivity contribution in [2.75, 3.05) is 11.9 Å². The summed E-state index contributed by atoms with van der Waals surface area (Å²) in [5, 5.41) is 3.04. The molecule has 0 aliphatic carbocycles. The number of aryl methyl sites for hydroxylation is 1. The van der Waals surface area contributed by atoms with Crippen LogP contribution in [0.2, 0.25) is 5.15 Å². The van der Waals surface area contributed by atoms with Gasteiger partial charge in [0, 0.05) is 12.6 Å². The highest BCUT2D eigenvalue weighted by molar-refractivity contribution is 6.32. The summed E-state index contributed by atoms with van der Waals surface area (Å²) in [7, 11) is 0. The number of aromatic nitrogens is 1. The SMILES string of the molecule is Cc1ccnc(Cl)c1NC(=O)CCCN. The Kier molecular flexibility index (Phi) is 4.52. The van der Waals surface area contributed by atoms with Crippen molar-refractivity contribution in [1.82, 2.24) is 4.98 Å². The van der Waals surface area contributed by atoms with Crippen LogP contribution in [-0.4, -0.2) is 17.4 Å². The molecule has 5 heteroatoms. The quantitative estimate of drug-likeness (QED) is 0.770. The van der Waals surface area contributed by atoms with Gasteiger partial charge in [0.2, 0.25) is 5.91 Å². The number of hydrogen-bond donors (Lipinski definition) is 2. The molecule has 4 nitrogen and oxygen atoms in total. The molecule has 0 spiro atoms. The molecule has 0 aliphatic heterocycles. The van der Waals surface area contributed by atoms with Crippen LogP contribution < -0.4 is 11.1 Å². The zero-order valence-electron chi connectivity index (χ0n) is 8.59. The first kappa shape index (κ1) is 11.9. The first-order chi connectivity index (χ1) is 7.15. The molecular formula is C10H14ClN3O. The van der Waals surface area contributed by atoms with Gasteiger partial charge in [-0.05, 0) is 31.5 Å². The minimum absolute atomic E-state index is 0.0848. The lowest BCUT2D eigenvalue weighted by Gasteiger charge is -2.08. The number of anilines is 1. The van der Waals surface area contributed by atoms with Crippen LogP contribution in [0.3, 0.4) is 0 Å². The number of nitrogens with one attached hydrogen (secondary N) is 1. The molecule has 15 heavy (non-hydrogen) atoms. The summed E-state index contributed by atoms with van der Waals surface area (Å²) >= 11 is 5.86. The monoisotopic (exact) mass is 227 g/mol. The smallest absolute Gasteiger partial charge is 0.224 e. The van der Waals surface area contributed by atoms with E-state index in [1.54, 1.807) is 12.3 Å². The fourth-order valence-corrected chi connectivity index (χ4v) is 1.39. The molecule has 1 heterocycles. The third-order valence-corrected chi connectivity index (χ3v) is 2.27. The molecule has 0 bridgehead atoms. The second-order valence-electron chi connectivity index (χ2n) is 3.23. The van der Waals surface area contributed by atoms with Gasteiger partial charge in [0.25, 0.3) is 0 Å². The molecule has 1 aromatic rings. The Morgan fingerprint density at radius 3 is 3.00 bits per heavy atom. The van der Waals surface area contributed by atoms with Crippen molar-refractivity contribution in [2.24, 2.45) is 5.73 Å². The summed E-state index contributed by atoms with van der Waals surface area (Å²) in [6.45, 7) is 2.37. The van der Waals surface area contributed by atoms with Crippen molar-refractivity contribution in [3.63, 3.8) is 0 Å². The second kappa shape index (κ2) is 5.68. The predicted molar refractivity (Wildman–Crippen MR) is 60.9 cm³/mol. The van der Waals surface area contributed by atoms with Crippen molar-refractivity contribution >= 4 is 23.2 Å². The van der Waals surface area contributed by atoms with Gasteiger partial charge in [0.15, 0.2) is 5.15 Å². The van der Waals surface area contributed by atoms with E-state index in [-0.39, 0.29) is 5.91 Å². The number of nitrogens with zero attached hydrogens (tertiary/aromatic N) is 1. The van der Waals surface area contributed by atoms with E-state index in [1.165, 1.54) is 0 Å². The molecule has 82 valence electrons. The average Bonchev–Trinajstić information content (AvgIpc) is 2.21. The van der Waals surface area contributed by atoms with Crippen LogP contribution in [0.4, 0.5) is 5.69 Å². The van der Waals surface area contributed by atoms with Crippen LogP contribution in [-0.2, 0) is 4.79 Å². The number of amides is 1. The molecule has 0 atom stereocenters. The largest absolute Gasteiger partial charge is 0.330 e. The Hall–Kier alpha value is -1.13. The zero-order chi connectivity index (χ0) is 11.3. The number of halogens is 1. The van der Waals surface area contributed by atoms with E-state index in [4.69, 9.17) is 17.3 Å². The Bertz CT molecular complexity index is 334. The lowest BCUT2D eigenvalue weighted by atomic mass is 10.2. The fourth-order valence-electron chi connectivity index (χ4n) is 1.14. The van der Waals surface area contributed by atoms with Gasteiger partial charge in [-0.1, -0.05) is 11.6 Å². The topological polar surface area (TPSA) is 68.0 Å². The van der Waals surface area contributed by atoms with E-state index in [9.17, 15) is 4.79 Å². The summed E-state index contributed by atoms with van der Waals surface area (Å²) in [6, 6.07) is 1.80. The number of rotatable bonds is 4. The summed E-state index contributed by atoms with van der Waals surface area (Å²) in [4.78, 5) is 15.3. The van der Waals surface area contributed by atoms with E-state index in [2.05, 4.69) is 10.3 Å². The average molecular weight is 228 g/mol. The summed E-state index contributed by atoms with van der Waals surface area (Å²) in [6.07, 6.45) is 2.68. The van der Waals surface area contributed by atoms with Gasteiger partial charge in [0.05, 0.1) is 5.69 Å². The van der Waals surface area contributed by atoms with E-state index in [0.29, 0.717) is 30.2 Å². The molecule has 0 radical (unpaired) electrons. The van der Waals surface area contributed by atoms with Gasteiger partial charge in [-0.2, -0.15) is 0 Å². The number of carbonyl (C=O) groups is 1. The lowest BCUT2D eigenvalue weighted by Crippen LogP contribution is -2.14. The highest BCUT2D eigenvalue weighted by atomic mass is 35.5. The summed E-state index contributed by atoms with van der Waals surface area (Å²) in [5.74, 6) is -0.0848. The number of nitrogens with two attached hydrogens (primary N) is 1. The molecular weight excluding hydrogens is 214 g/mol. The molecule has 1 aromatic heterocycles. The Labute approximate surface area is 93.8 Å². The maximum atomic E-state index is 11.4. The second-order valence-corrected chi connectivity index (χ2v) is 3.59. The standard InChI is InChI=1S/C10H14ClN3O/c1-7-4-6-13-10(11)9(7)14-8(15)3-2-5-12/h4,6H,2-3,5,12H2,1H3,(H,14,15). The van der Waals surface area contributed by atoms with Crippen LogP contribution in [0.25, 0.3) is 0 Å². The number of pyridine rings is 1. The van der Waals surface area contributed by atoms with Crippen LogP contribution in [0.1, 0.15) is 18.4 Å². The van der Waals surface area contributed by atoms with Gasteiger partial charge in [-0.25, -0.2) is 4.98 Å². The van der Waals surface area contributed by atoms with Crippen LogP contribution >= 0.6 is 11.6 Å². The minimum Gasteiger partial charge on any atom is -0.330 e. The van der Waals surface area contributed by atoms with Crippen molar-refractivity contribution in [3.8, 4) is 0 Å². The van der Waals surface area contributed by atoms with E-state index in [0.717, 1.165) is 5.56 Å². The Morgan fingerprint density at radius 1 is 1.67 bits per heavy atom. The highest BCUT2D eigenvalue weighted by Crippen LogP contribution is 2.22. The lowest BCUT2D eigenvalue weighted by molar-refractivity contribution is -0.116. The first-order valence-corrected chi connectivity index (χ1v) is 5.14. The molecule has 1 amide bonds. The molecule has 0 fully saturated rings. The normalized spacial score (nSPS) is 10.1. The van der Waals surface area contributed by atoms with E-state index < -0.39 is 0 Å². The van der Waals surface area contributed by atoms with Crippen molar-refractivity contribution < 1.29 is 4.79 Å². The predicted octanol–water partition coefficient (Wildman–Crippen LogP) is 1.72. The maximum absolute atomic E-state index is 11.4. The van der Waals surface area contributed by atoms with Gasteiger partial charge in [0.1, 0.15) is 0 Å². The van der Waals surface area contributed by atoms with Gasteiger partial charge >= 0.3 is 0 Å². The first-order valence-electron chi connectivity index (χ1n) is 4.76. The van der Waals surface area contributed by atoms with Crippen molar-refractivity contribution in [1.29, 1.82) is 0 Å². The Morgan fingerprint density at radius 2 is 2.40 bits per heavy atom. The maximum Gasteiger partial charge on any atom is 0.224 e. The van der Waals surface area contributed by atoms with Gasteiger partial charge in [-0.15, -0.1) is 0 Å². The van der Waals surface area contributed by atoms with Gasteiger partial charge < -0.3 is 11.1 Å². The zero-order valence-corrected chi connectivity index (χ0v) is 9.34. The van der Waals surface area contributed by atoms with Gasteiger partial charge in [-0.3, -0.25) is 4.79 Å². The molecule has 0 unspecified atom stereocenters. The Balaban J connectivity index is 2.68. The molecule has 0 saturated heterocycles. The van der Waals surface area contributed by atoms with Crippen molar-refractivity contribution in [2.45, 2.75) is 19.8 Å². The molecule has 0 aromatic carbocycles. The summed E-state index contributed by atoms with van der Waals surface area (Å²) < 4.78 is 0. The van der Waals surface area contributed by atoms with Crippen molar-refractivity contribution in [3.05, 3.63) is 23.0 Å². The van der Waals surface area contributed by atoms with Crippen LogP contribution in [0, 0.1) is 6.92 Å². The number of carbonyl (C=O) groups excluding carboxylic acids is 1. The fraction of sp³-hybridized carbons (Fsp3) is 0.400. The molecule has 0 saturated carbocycles. The van der Waals surface area contributed by atoms with Crippen LogP contribution in [0.15, 0.2) is 12.3 Å². The third kappa shape index (κ3) is 3.49. The number of hydrogen-bond acceptors (Lipinski definition) is 3. The summed E-state index contributed by atoms with van der Waals surface area (Å²) in [5.41, 5.74) is 6.80. The molecule has 3 N–H and O–H groups in total. The van der Waals surface area contributed by atoms with E-state index >= 15 is 0 Å². The molecule has 0 aliphatic rings. The van der Waals surface area contributed by atoms with E-state index in [1.807, 2.05) is 6.92 Å².